The fourth-order valence-corrected chi connectivity index (χ4v) is 2.14. The molecule has 0 amide bonds. The van der Waals surface area contributed by atoms with E-state index in [-0.39, 0.29) is 5.54 Å². The number of alkyl halides is 3. The molecule has 0 aromatic heterocycles. The number of hydrogen-bond acceptors (Lipinski definition) is 2. The Balaban J connectivity index is 2.54. The van der Waals surface area contributed by atoms with Crippen LogP contribution in [0.15, 0.2) is 29.3 Å². The minimum Gasteiger partial charge on any atom is -0.355 e. The Morgan fingerprint density at radius 2 is 1.67 bits per heavy atom. The summed E-state index contributed by atoms with van der Waals surface area (Å²) in [5.74, 6) is 0.700. The first kappa shape index (κ1) is 20.3. The molecular formula is C17H27F3N4. The molecule has 0 unspecified atom stereocenters. The van der Waals surface area contributed by atoms with Crippen molar-refractivity contribution < 1.29 is 13.2 Å². The second-order valence-electron chi connectivity index (χ2n) is 6.70. The fraction of sp³-hybridized carbons (Fsp3) is 0.588. The van der Waals surface area contributed by atoms with Crippen molar-refractivity contribution >= 4 is 5.96 Å². The van der Waals surface area contributed by atoms with Crippen LogP contribution in [-0.4, -0.2) is 43.6 Å². The molecule has 0 fully saturated rings. The number of benzene rings is 1. The first-order chi connectivity index (χ1) is 11.0. The lowest BCUT2D eigenvalue weighted by atomic mass is 10.1. The van der Waals surface area contributed by atoms with Crippen LogP contribution in [-0.2, 0) is 12.7 Å². The van der Waals surface area contributed by atoms with Crippen molar-refractivity contribution in [1.82, 2.24) is 15.5 Å². The highest BCUT2D eigenvalue weighted by atomic mass is 19.4. The third kappa shape index (κ3) is 7.21. The Kier molecular flexibility index (Phi) is 7.08. The quantitative estimate of drug-likeness (QED) is 0.490. The summed E-state index contributed by atoms with van der Waals surface area (Å²) in [6.07, 6.45) is -4.30. The van der Waals surface area contributed by atoms with Gasteiger partial charge in [0, 0.05) is 39.3 Å². The molecule has 4 nitrogen and oxygen atoms in total. The van der Waals surface area contributed by atoms with E-state index in [9.17, 15) is 13.2 Å². The second kappa shape index (κ2) is 8.37. The van der Waals surface area contributed by atoms with Crippen LogP contribution in [0.1, 0.15) is 31.9 Å². The van der Waals surface area contributed by atoms with Gasteiger partial charge in [-0.25, -0.2) is 0 Å². The zero-order valence-corrected chi connectivity index (χ0v) is 15.0. The van der Waals surface area contributed by atoms with Gasteiger partial charge in [0.25, 0.3) is 0 Å². The minimum absolute atomic E-state index is 0.0529. The number of guanidine groups is 1. The van der Waals surface area contributed by atoms with Crippen molar-refractivity contribution in [3.8, 4) is 0 Å². The highest BCUT2D eigenvalue weighted by Gasteiger charge is 2.29. The van der Waals surface area contributed by atoms with E-state index in [0.29, 0.717) is 19.0 Å². The van der Waals surface area contributed by atoms with Crippen LogP contribution in [0.25, 0.3) is 0 Å². The number of aliphatic imine (C=N–C) groups is 1. The normalized spacial score (nSPS) is 13.1. The molecule has 0 spiro atoms. The monoisotopic (exact) mass is 344 g/mol. The molecular weight excluding hydrogens is 317 g/mol. The molecule has 24 heavy (non-hydrogen) atoms. The maximum absolute atomic E-state index is 12.6. The van der Waals surface area contributed by atoms with Crippen LogP contribution in [0.3, 0.4) is 0 Å². The molecule has 0 aliphatic carbocycles. The highest BCUT2D eigenvalue weighted by Crippen LogP contribution is 2.29. The van der Waals surface area contributed by atoms with Crippen LogP contribution in [0.2, 0.25) is 0 Å². The smallest absolute Gasteiger partial charge is 0.355 e. The zero-order chi connectivity index (χ0) is 18.4. The van der Waals surface area contributed by atoms with E-state index in [1.807, 2.05) is 11.9 Å². The second-order valence-corrected chi connectivity index (χ2v) is 6.70. The predicted molar refractivity (Wildman–Crippen MR) is 92.0 cm³/mol. The van der Waals surface area contributed by atoms with Crippen molar-refractivity contribution in [2.24, 2.45) is 4.99 Å². The summed E-state index contributed by atoms with van der Waals surface area (Å²) in [6.45, 7) is 8.26. The van der Waals surface area contributed by atoms with Gasteiger partial charge in [-0.05, 0) is 38.5 Å². The standard InChI is InChI=1S/C17H27F3N4/c1-16(2,3)23-11-10-22-15(21-4)24(5)12-13-6-8-14(9-7-13)17(18,19)20/h6-9,23H,10-12H2,1-5H3,(H,21,22). The van der Waals surface area contributed by atoms with Crippen LogP contribution < -0.4 is 10.6 Å². The average molecular weight is 344 g/mol. The predicted octanol–water partition coefficient (Wildman–Crippen LogP) is 3.10. The number of rotatable bonds is 5. The number of halogens is 3. The van der Waals surface area contributed by atoms with Crippen LogP contribution >= 0.6 is 0 Å². The maximum atomic E-state index is 12.6. The average Bonchev–Trinajstić information content (AvgIpc) is 2.45. The Bertz CT molecular complexity index is 530. The lowest BCUT2D eigenvalue weighted by Gasteiger charge is -2.24. The molecule has 0 radical (unpaired) electrons. The fourth-order valence-electron chi connectivity index (χ4n) is 2.14. The molecule has 0 bridgehead atoms. The van der Waals surface area contributed by atoms with E-state index in [2.05, 4.69) is 36.4 Å². The summed E-state index contributed by atoms with van der Waals surface area (Å²) in [4.78, 5) is 6.07. The Morgan fingerprint density at radius 3 is 2.12 bits per heavy atom. The van der Waals surface area contributed by atoms with Crippen molar-refractivity contribution in [2.75, 3.05) is 27.2 Å². The number of nitrogens with zero attached hydrogens (tertiary/aromatic N) is 2. The third-order valence-electron chi connectivity index (χ3n) is 3.34. The van der Waals surface area contributed by atoms with Crippen LogP contribution in [0.4, 0.5) is 13.2 Å². The molecule has 1 aromatic rings. The first-order valence-electron chi connectivity index (χ1n) is 7.86. The van der Waals surface area contributed by atoms with E-state index in [0.717, 1.165) is 24.2 Å². The van der Waals surface area contributed by atoms with Gasteiger partial charge in [0.1, 0.15) is 0 Å². The molecule has 1 rings (SSSR count). The maximum Gasteiger partial charge on any atom is 0.416 e. The van der Waals surface area contributed by atoms with Gasteiger partial charge >= 0.3 is 6.18 Å². The Hall–Kier alpha value is -1.76. The van der Waals surface area contributed by atoms with Crippen molar-refractivity contribution in [1.29, 1.82) is 0 Å². The van der Waals surface area contributed by atoms with Crippen molar-refractivity contribution in [3.05, 3.63) is 35.4 Å². The minimum atomic E-state index is -4.30. The Labute approximate surface area is 142 Å². The van der Waals surface area contributed by atoms with Gasteiger partial charge in [-0.15, -0.1) is 0 Å². The molecule has 7 heteroatoms. The van der Waals surface area contributed by atoms with E-state index in [1.54, 1.807) is 7.05 Å². The molecule has 0 aliphatic heterocycles. The van der Waals surface area contributed by atoms with Gasteiger partial charge in [-0.2, -0.15) is 13.2 Å². The number of nitrogens with one attached hydrogen (secondary N) is 2. The van der Waals surface area contributed by atoms with Crippen molar-refractivity contribution in [2.45, 2.75) is 39.0 Å². The lowest BCUT2D eigenvalue weighted by Crippen LogP contribution is -2.44. The van der Waals surface area contributed by atoms with Gasteiger partial charge in [0.15, 0.2) is 5.96 Å². The Morgan fingerprint density at radius 1 is 1.08 bits per heavy atom. The van der Waals surface area contributed by atoms with E-state index in [1.165, 1.54) is 12.1 Å². The first-order valence-corrected chi connectivity index (χ1v) is 7.86. The van der Waals surface area contributed by atoms with Crippen LogP contribution in [0, 0.1) is 0 Å². The number of hydrogen-bond donors (Lipinski definition) is 2. The molecule has 1 aromatic carbocycles. The molecule has 0 saturated heterocycles. The molecule has 0 aliphatic rings. The molecule has 136 valence electrons. The largest absolute Gasteiger partial charge is 0.416 e. The van der Waals surface area contributed by atoms with Crippen molar-refractivity contribution in [3.63, 3.8) is 0 Å². The summed E-state index contributed by atoms with van der Waals surface area (Å²) in [6, 6.07) is 5.20. The van der Waals surface area contributed by atoms with Crippen LogP contribution in [0.5, 0.6) is 0 Å². The van der Waals surface area contributed by atoms with Gasteiger partial charge in [-0.1, -0.05) is 12.1 Å². The van der Waals surface area contributed by atoms with Gasteiger partial charge < -0.3 is 15.5 Å². The zero-order valence-electron chi connectivity index (χ0n) is 15.0. The van der Waals surface area contributed by atoms with Gasteiger partial charge in [0.2, 0.25) is 0 Å². The summed E-state index contributed by atoms with van der Waals surface area (Å²) in [5.41, 5.74) is 0.211. The summed E-state index contributed by atoms with van der Waals surface area (Å²) in [7, 11) is 3.53. The molecule has 0 heterocycles. The highest BCUT2D eigenvalue weighted by molar-refractivity contribution is 5.79. The molecule has 0 saturated carbocycles. The topological polar surface area (TPSA) is 39.7 Å². The van der Waals surface area contributed by atoms with E-state index in [4.69, 9.17) is 0 Å². The molecule has 2 N–H and O–H groups in total. The van der Waals surface area contributed by atoms with E-state index >= 15 is 0 Å². The summed E-state index contributed by atoms with van der Waals surface area (Å²) in [5, 5.41) is 6.60. The summed E-state index contributed by atoms with van der Waals surface area (Å²) < 4.78 is 37.7. The van der Waals surface area contributed by atoms with Gasteiger partial charge in [-0.3, -0.25) is 4.99 Å². The third-order valence-corrected chi connectivity index (χ3v) is 3.34. The lowest BCUT2D eigenvalue weighted by molar-refractivity contribution is -0.137. The van der Waals surface area contributed by atoms with E-state index < -0.39 is 11.7 Å². The molecule has 0 atom stereocenters. The summed E-state index contributed by atoms with van der Waals surface area (Å²) >= 11 is 0. The van der Waals surface area contributed by atoms with Gasteiger partial charge in [0.05, 0.1) is 5.56 Å². The SMILES string of the molecule is CN=C(NCCNC(C)(C)C)N(C)Cc1ccc(C(F)(F)F)cc1.